The fourth-order valence-corrected chi connectivity index (χ4v) is 2.66. The van der Waals surface area contributed by atoms with Gasteiger partial charge in [0, 0.05) is 0 Å². The monoisotopic (exact) mass is 322 g/mol. The molecule has 4 rings (SSSR count). The quantitative estimate of drug-likeness (QED) is 0.851. The molecule has 0 saturated carbocycles. The lowest BCUT2D eigenvalue weighted by Gasteiger charge is -2.31. The van der Waals surface area contributed by atoms with E-state index < -0.39 is 5.79 Å². The van der Waals surface area contributed by atoms with Gasteiger partial charge < -0.3 is 18.9 Å². The lowest BCUT2D eigenvalue weighted by Crippen LogP contribution is -2.41. The van der Waals surface area contributed by atoms with E-state index in [9.17, 15) is 0 Å². The Morgan fingerprint density at radius 1 is 0.917 bits per heavy atom. The first-order valence-electron chi connectivity index (χ1n) is 7.96. The maximum absolute atomic E-state index is 5.89. The van der Waals surface area contributed by atoms with Crippen molar-refractivity contribution in [1.29, 1.82) is 0 Å². The second-order valence-corrected chi connectivity index (χ2v) is 5.68. The zero-order chi connectivity index (χ0) is 16.2. The fraction of sp³-hybridized carbons (Fsp3) is 0.200. The molecule has 0 aliphatic carbocycles. The third-order valence-electron chi connectivity index (χ3n) is 3.84. The number of allylic oxidation sites excluding steroid dienone is 1. The predicted octanol–water partition coefficient (Wildman–Crippen LogP) is 4.15. The molecule has 4 nitrogen and oxygen atoms in total. The first-order valence-corrected chi connectivity index (χ1v) is 7.96. The highest BCUT2D eigenvalue weighted by Gasteiger charge is 2.37. The first-order chi connectivity index (χ1) is 11.8. The Hall–Kier alpha value is -2.56. The van der Waals surface area contributed by atoms with Crippen LogP contribution in [0.1, 0.15) is 5.56 Å². The van der Waals surface area contributed by atoms with Gasteiger partial charge in [0.2, 0.25) is 0 Å². The maximum Gasteiger partial charge on any atom is 0.254 e. The van der Waals surface area contributed by atoms with E-state index >= 15 is 0 Å². The van der Waals surface area contributed by atoms with Crippen molar-refractivity contribution in [3.05, 3.63) is 78.1 Å². The normalized spacial score (nSPS) is 24.2. The zero-order valence-corrected chi connectivity index (χ0v) is 13.2. The molecule has 0 bridgehead atoms. The molecule has 0 aromatic heterocycles. The summed E-state index contributed by atoms with van der Waals surface area (Å²) in [5.41, 5.74) is 1.03. The molecule has 2 aromatic carbocycles. The number of hydrogen-bond donors (Lipinski definition) is 0. The van der Waals surface area contributed by atoms with Crippen LogP contribution in [0.3, 0.4) is 0 Å². The third-order valence-corrected chi connectivity index (χ3v) is 3.84. The SMILES string of the molecule is C1=CC2(COCCO2)O/C1=C\c1ccc(Oc2ccccc2)cc1. The summed E-state index contributed by atoms with van der Waals surface area (Å²) in [6, 6.07) is 17.6. The van der Waals surface area contributed by atoms with Crippen LogP contribution in [-0.2, 0) is 14.2 Å². The van der Waals surface area contributed by atoms with Crippen molar-refractivity contribution < 1.29 is 18.9 Å². The lowest BCUT2D eigenvalue weighted by atomic mass is 10.2. The molecule has 1 spiro atoms. The smallest absolute Gasteiger partial charge is 0.254 e. The molecule has 1 saturated heterocycles. The minimum Gasteiger partial charge on any atom is -0.457 e. The van der Waals surface area contributed by atoms with Gasteiger partial charge in [0.05, 0.1) is 13.2 Å². The van der Waals surface area contributed by atoms with Gasteiger partial charge in [-0.1, -0.05) is 30.3 Å². The van der Waals surface area contributed by atoms with Crippen LogP contribution in [0.2, 0.25) is 0 Å². The molecule has 0 N–H and O–H groups in total. The number of rotatable bonds is 3. The number of benzene rings is 2. The molecule has 2 aliphatic rings. The van der Waals surface area contributed by atoms with Gasteiger partial charge in [0.1, 0.15) is 23.9 Å². The van der Waals surface area contributed by atoms with Gasteiger partial charge in [-0.15, -0.1) is 0 Å². The summed E-state index contributed by atoms with van der Waals surface area (Å²) in [6.07, 6.45) is 5.80. The average molecular weight is 322 g/mol. The highest BCUT2D eigenvalue weighted by molar-refractivity contribution is 5.56. The van der Waals surface area contributed by atoms with E-state index in [2.05, 4.69) is 0 Å². The van der Waals surface area contributed by atoms with Gasteiger partial charge >= 0.3 is 0 Å². The van der Waals surface area contributed by atoms with Crippen LogP contribution < -0.4 is 4.74 Å². The molecule has 1 fully saturated rings. The van der Waals surface area contributed by atoms with E-state index in [-0.39, 0.29) is 0 Å². The molecular weight excluding hydrogens is 304 g/mol. The van der Waals surface area contributed by atoms with Crippen molar-refractivity contribution in [2.45, 2.75) is 5.79 Å². The van der Waals surface area contributed by atoms with Crippen LogP contribution in [0.15, 0.2) is 72.5 Å². The molecule has 1 atom stereocenters. The molecule has 4 heteroatoms. The van der Waals surface area contributed by atoms with Crippen molar-refractivity contribution in [3.8, 4) is 11.5 Å². The zero-order valence-electron chi connectivity index (χ0n) is 13.2. The molecule has 24 heavy (non-hydrogen) atoms. The molecule has 2 heterocycles. The van der Waals surface area contributed by atoms with Crippen molar-refractivity contribution in [2.75, 3.05) is 19.8 Å². The van der Waals surface area contributed by atoms with Crippen LogP contribution in [0.5, 0.6) is 11.5 Å². The second-order valence-electron chi connectivity index (χ2n) is 5.68. The molecule has 2 aliphatic heterocycles. The minimum atomic E-state index is -0.750. The molecule has 0 amide bonds. The summed E-state index contributed by atoms with van der Waals surface area (Å²) in [5.74, 6) is 1.63. The molecular formula is C20H18O4. The van der Waals surface area contributed by atoms with Gasteiger partial charge in [0.25, 0.3) is 5.79 Å². The lowest BCUT2D eigenvalue weighted by molar-refractivity contribution is -0.239. The van der Waals surface area contributed by atoms with Gasteiger partial charge in [-0.25, -0.2) is 0 Å². The van der Waals surface area contributed by atoms with E-state index in [4.69, 9.17) is 18.9 Å². The third kappa shape index (κ3) is 3.35. The van der Waals surface area contributed by atoms with Crippen LogP contribution >= 0.6 is 0 Å². The second kappa shape index (κ2) is 6.51. The molecule has 0 radical (unpaired) electrons. The van der Waals surface area contributed by atoms with Crippen molar-refractivity contribution in [2.24, 2.45) is 0 Å². The van der Waals surface area contributed by atoms with Gasteiger partial charge in [-0.3, -0.25) is 0 Å². The van der Waals surface area contributed by atoms with Crippen LogP contribution in [-0.4, -0.2) is 25.6 Å². The Bertz CT molecular complexity index is 741. The number of hydrogen-bond acceptors (Lipinski definition) is 4. The van der Waals surface area contributed by atoms with Crippen LogP contribution in [0.4, 0.5) is 0 Å². The first kappa shape index (κ1) is 15.0. The van der Waals surface area contributed by atoms with Crippen LogP contribution in [0, 0.1) is 0 Å². The molecule has 122 valence electrons. The van der Waals surface area contributed by atoms with Gasteiger partial charge in [-0.2, -0.15) is 0 Å². The highest BCUT2D eigenvalue weighted by Crippen LogP contribution is 2.31. The van der Waals surface area contributed by atoms with Crippen molar-refractivity contribution in [1.82, 2.24) is 0 Å². The Morgan fingerprint density at radius 2 is 1.71 bits per heavy atom. The number of ether oxygens (including phenoxy) is 4. The Labute approximate surface area is 140 Å². The average Bonchev–Trinajstić information content (AvgIpc) is 3.00. The predicted molar refractivity (Wildman–Crippen MR) is 90.7 cm³/mol. The molecule has 1 unspecified atom stereocenters. The summed E-state index contributed by atoms with van der Waals surface area (Å²) in [5, 5.41) is 0. The van der Waals surface area contributed by atoms with Crippen molar-refractivity contribution >= 4 is 6.08 Å². The minimum absolute atomic E-state index is 0.421. The maximum atomic E-state index is 5.89. The Morgan fingerprint density at radius 3 is 2.46 bits per heavy atom. The molecule has 2 aromatic rings. The van der Waals surface area contributed by atoms with Crippen molar-refractivity contribution in [3.63, 3.8) is 0 Å². The van der Waals surface area contributed by atoms with Crippen LogP contribution in [0.25, 0.3) is 6.08 Å². The number of para-hydroxylation sites is 1. The van der Waals surface area contributed by atoms with Gasteiger partial charge in [0.15, 0.2) is 0 Å². The Balaban J connectivity index is 1.43. The summed E-state index contributed by atoms with van der Waals surface area (Å²) in [4.78, 5) is 0. The van der Waals surface area contributed by atoms with E-state index in [0.29, 0.717) is 19.8 Å². The fourth-order valence-electron chi connectivity index (χ4n) is 2.66. The van der Waals surface area contributed by atoms with Gasteiger partial charge in [-0.05, 0) is 48.1 Å². The Kier molecular flexibility index (Phi) is 4.07. The standard InChI is InChI=1S/C20H18O4/c1-2-4-17(5-3-1)23-18-8-6-16(7-9-18)14-19-10-11-20(24-19)15-21-12-13-22-20/h1-11,14H,12-13,15H2/b19-14-. The summed E-state index contributed by atoms with van der Waals surface area (Å²) in [6.45, 7) is 1.58. The summed E-state index contributed by atoms with van der Waals surface area (Å²) in [7, 11) is 0. The van der Waals surface area contributed by atoms with E-state index in [1.165, 1.54) is 0 Å². The van der Waals surface area contributed by atoms with E-state index in [1.807, 2.05) is 72.8 Å². The highest BCUT2D eigenvalue weighted by atomic mass is 16.7. The van der Waals surface area contributed by atoms with E-state index in [0.717, 1.165) is 22.8 Å². The van der Waals surface area contributed by atoms with E-state index in [1.54, 1.807) is 0 Å². The largest absolute Gasteiger partial charge is 0.457 e. The topological polar surface area (TPSA) is 36.9 Å². The summed E-state index contributed by atoms with van der Waals surface area (Å²) < 4.78 is 22.8. The summed E-state index contributed by atoms with van der Waals surface area (Å²) >= 11 is 0.